The van der Waals surface area contributed by atoms with Crippen molar-refractivity contribution in [3.05, 3.63) is 58.9 Å². The van der Waals surface area contributed by atoms with E-state index in [9.17, 15) is 0 Å². The number of nitrogens with zero attached hydrogens (tertiary/aromatic N) is 2. The van der Waals surface area contributed by atoms with Crippen molar-refractivity contribution in [2.45, 2.75) is 38.8 Å². The van der Waals surface area contributed by atoms with E-state index in [0.717, 1.165) is 29.8 Å². The van der Waals surface area contributed by atoms with Crippen LogP contribution in [0, 0.1) is 0 Å². The maximum Gasteiger partial charge on any atom is 0.189 e. The molecular weight excluding hydrogens is 300 g/mol. The van der Waals surface area contributed by atoms with Crippen molar-refractivity contribution < 1.29 is 4.74 Å². The van der Waals surface area contributed by atoms with Crippen molar-refractivity contribution in [1.29, 1.82) is 0 Å². The smallest absolute Gasteiger partial charge is 0.189 e. The Balaban J connectivity index is 1.58. The number of nitrogens with one attached hydrogen (secondary N) is 1. The topological polar surface area (TPSA) is 72.5 Å². The lowest BCUT2D eigenvalue weighted by atomic mass is 9.96. The molecule has 5 heteroatoms. The van der Waals surface area contributed by atoms with E-state index in [1.165, 1.54) is 24.1 Å². The molecule has 0 spiro atoms. The molecule has 1 aliphatic rings. The van der Waals surface area contributed by atoms with Gasteiger partial charge in [0.2, 0.25) is 0 Å². The molecule has 1 heterocycles. The lowest BCUT2D eigenvalue weighted by Crippen LogP contribution is -2.31. The second-order valence-electron chi connectivity index (χ2n) is 5.98. The first-order chi connectivity index (χ1) is 11.8. The molecule has 1 aliphatic carbocycles. The van der Waals surface area contributed by atoms with Crippen LogP contribution in [0.25, 0.3) is 0 Å². The van der Waals surface area contributed by atoms with Crippen molar-refractivity contribution in [1.82, 2.24) is 10.3 Å². The summed E-state index contributed by atoms with van der Waals surface area (Å²) in [5.41, 5.74) is 10.6. The van der Waals surface area contributed by atoms with Gasteiger partial charge in [-0.1, -0.05) is 24.3 Å². The average molecular weight is 324 g/mol. The summed E-state index contributed by atoms with van der Waals surface area (Å²) in [6.45, 7) is 1.08. The van der Waals surface area contributed by atoms with Crippen LogP contribution in [-0.4, -0.2) is 18.1 Å². The minimum absolute atomic E-state index is 0.417. The predicted octanol–water partition coefficient (Wildman–Crippen LogP) is 2.57. The molecule has 5 nitrogen and oxygen atoms in total. The Morgan fingerprint density at radius 1 is 1.21 bits per heavy atom. The maximum atomic E-state index is 5.97. The van der Waals surface area contributed by atoms with Crippen LogP contribution in [0.1, 0.15) is 35.4 Å². The molecular formula is C19H24N4O. The zero-order chi connectivity index (χ0) is 16.8. The molecule has 0 atom stereocenters. The molecule has 126 valence electrons. The van der Waals surface area contributed by atoms with Crippen molar-refractivity contribution in [3.8, 4) is 5.75 Å². The van der Waals surface area contributed by atoms with Gasteiger partial charge in [0.15, 0.2) is 5.96 Å². The number of aryl methyl sites for hydroxylation is 2. The fraction of sp³-hybridized carbons (Fsp3) is 0.368. The summed E-state index contributed by atoms with van der Waals surface area (Å²) in [5.74, 6) is 1.24. The Kier molecular flexibility index (Phi) is 5.31. The van der Waals surface area contributed by atoms with Gasteiger partial charge < -0.3 is 15.8 Å². The SMILES string of the molecule is COc1ccccc1CN=C(N)NCc1ccc2c(n1)CCCC2. The molecule has 3 N–H and O–H groups in total. The molecule has 1 aromatic heterocycles. The quantitative estimate of drug-likeness (QED) is 0.655. The Morgan fingerprint density at radius 2 is 2.04 bits per heavy atom. The number of benzene rings is 1. The van der Waals surface area contributed by atoms with Crippen LogP contribution in [0.15, 0.2) is 41.4 Å². The Labute approximate surface area is 143 Å². The van der Waals surface area contributed by atoms with Crippen LogP contribution in [0.4, 0.5) is 0 Å². The third-order valence-electron chi connectivity index (χ3n) is 4.30. The van der Waals surface area contributed by atoms with Crippen LogP contribution in [0.3, 0.4) is 0 Å². The van der Waals surface area contributed by atoms with Gasteiger partial charge in [0.05, 0.1) is 25.9 Å². The summed E-state index contributed by atoms with van der Waals surface area (Å²) < 4.78 is 5.32. The largest absolute Gasteiger partial charge is 0.496 e. The van der Waals surface area contributed by atoms with Gasteiger partial charge in [-0.2, -0.15) is 0 Å². The number of para-hydroxylation sites is 1. The Bertz CT molecular complexity index is 727. The van der Waals surface area contributed by atoms with E-state index in [4.69, 9.17) is 15.5 Å². The first-order valence-electron chi connectivity index (χ1n) is 8.39. The van der Waals surface area contributed by atoms with Crippen molar-refractivity contribution >= 4 is 5.96 Å². The number of guanidine groups is 1. The number of hydrogen-bond acceptors (Lipinski definition) is 3. The highest BCUT2D eigenvalue weighted by molar-refractivity contribution is 5.77. The van der Waals surface area contributed by atoms with Crippen LogP contribution < -0.4 is 15.8 Å². The van der Waals surface area contributed by atoms with Gasteiger partial charge in [-0.15, -0.1) is 0 Å². The number of rotatable bonds is 5. The molecule has 0 saturated heterocycles. The predicted molar refractivity (Wildman–Crippen MR) is 96.0 cm³/mol. The summed E-state index contributed by atoms with van der Waals surface area (Å²) in [4.78, 5) is 9.12. The summed E-state index contributed by atoms with van der Waals surface area (Å²) >= 11 is 0. The third-order valence-corrected chi connectivity index (χ3v) is 4.30. The molecule has 0 unspecified atom stereocenters. The van der Waals surface area contributed by atoms with Crippen LogP contribution >= 0.6 is 0 Å². The second kappa shape index (κ2) is 7.81. The number of fused-ring (bicyclic) bond motifs is 1. The van der Waals surface area contributed by atoms with Gasteiger partial charge in [0, 0.05) is 11.3 Å². The van der Waals surface area contributed by atoms with E-state index in [-0.39, 0.29) is 0 Å². The molecule has 0 fully saturated rings. The van der Waals surface area contributed by atoms with E-state index in [1.54, 1.807) is 7.11 Å². The molecule has 0 aliphatic heterocycles. The summed E-state index contributed by atoms with van der Waals surface area (Å²) in [6.07, 6.45) is 4.74. The number of aromatic nitrogens is 1. The van der Waals surface area contributed by atoms with Crippen molar-refractivity contribution in [2.24, 2.45) is 10.7 Å². The highest BCUT2D eigenvalue weighted by Gasteiger charge is 2.10. The average Bonchev–Trinajstić information content (AvgIpc) is 2.64. The van der Waals surface area contributed by atoms with Crippen LogP contribution in [0.5, 0.6) is 5.75 Å². The summed E-state index contributed by atoms with van der Waals surface area (Å²) in [6, 6.07) is 12.1. The van der Waals surface area contributed by atoms with Gasteiger partial charge in [0.1, 0.15) is 5.75 Å². The molecule has 24 heavy (non-hydrogen) atoms. The van der Waals surface area contributed by atoms with Gasteiger partial charge in [-0.25, -0.2) is 4.99 Å². The fourth-order valence-corrected chi connectivity index (χ4v) is 2.97. The number of nitrogens with two attached hydrogens (primary N) is 1. The lowest BCUT2D eigenvalue weighted by Gasteiger charge is -2.15. The Morgan fingerprint density at radius 3 is 2.92 bits per heavy atom. The van der Waals surface area contributed by atoms with E-state index in [0.29, 0.717) is 19.0 Å². The third kappa shape index (κ3) is 4.04. The number of hydrogen-bond donors (Lipinski definition) is 2. The molecule has 2 aromatic rings. The first-order valence-corrected chi connectivity index (χ1v) is 8.39. The van der Waals surface area contributed by atoms with E-state index >= 15 is 0 Å². The minimum Gasteiger partial charge on any atom is -0.496 e. The highest BCUT2D eigenvalue weighted by atomic mass is 16.5. The van der Waals surface area contributed by atoms with Gasteiger partial charge in [-0.05, 0) is 43.4 Å². The van der Waals surface area contributed by atoms with Crippen molar-refractivity contribution in [2.75, 3.05) is 7.11 Å². The maximum absolute atomic E-state index is 5.97. The monoisotopic (exact) mass is 324 g/mol. The van der Waals surface area contributed by atoms with E-state index < -0.39 is 0 Å². The number of aliphatic imine (C=N–C) groups is 1. The molecule has 1 aromatic carbocycles. The number of methoxy groups -OCH3 is 1. The zero-order valence-corrected chi connectivity index (χ0v) is 14.1. The fourth-order valence-electron chi connectivity index (χ4n) is 2.97. The van der Waals surface area contributed by atoms with E-state index in [2.05, 4.69) is 22.4 Å². The number of pyridine rings is 1. The van der Waals surface area contributed by atoms with E-state index in [1.807, 2.05) is 24.3 Å². The lowest BCUT2D eigenvalue weighted by molar-refractivity contribution is 0.410. The zero-order valence-electron chi connectivity index (χ0n) is 14.1. The summed E-state index contributed by atoms with van der Waals surface area (Å²) in [7, 11) is 1.66. The highest BCUT2D eigenvalue weighted by Crippen LogP contribution is 2.19. The standard InChI is InChI=1S/C19H24N4O/c1-24-18-9-5-3-7-15(18)12-21-19(20)22-13-16-11-10-14-6-2-4-8-17(14)23-16/h3,5,7,9-11H,2,4,6,8,12-13H2,1H3,(H3,20,21,22). The minimum atomic E-state index is 0.417. The summed E-state index contributed by atoms with van der Waals surface area (Å²) in [5, 5.41) is 3.14. The molecule has 0 radical (unpaired) electrons. The van der Waals surface area contributed by atoms with Gasteiger partial charge in [0.25, 0.3) is 0 Å². The first kappa shape index (κ1) is 16.3. The van der Waals surface area contributed by atoms with Gasteiger partial charge in [-0.3, -0.25) is 4.98 Å². The molecule has 3 rings (SSSR count). The van der Waals surface area contributed by atoms with Gasteiger partial charge >= 0.3 is 0 Å². The molecule has 0 saturated carbocycles. The van der Waals surface area contributed by atoms with Crippen LogP contribution in [-0.2, 0) is 25.9 Å². The van der Waals surface area contributed by atoms with Crippen molar-refractivity contribution in [3.63, 3.8) is 0 Å². The Hall–Kier alpha value is -2.56. The number of ether oxygens (including phenoxy) is 1. The second-order valence-corrected chi connectivity index (χ2v) is 5.98. The van der Waals surface area contributed by atoms with Crippen LogP contribution in [0.2, 0.25) is 0 Å². The molecule has 0 amide bonds. The normalized spacial score (nSPS) is 14.1. The molecule has 0 bridgehead atoms.